The number of nitrogens with zero attached hydrogens (tertiary/aromatic N) is 1. The van der Waals surface area contributed by atoms with Crippen molar-refractivity contribution in [2.24, 2.45) is 5.84 Å². The molecular weight excluding hydrogens is 234 g/mol. The minimum Gasteiger partial charge on any atom is -0.495 e. The lowest BCUT2D eigenvalue weighted by atomic mass is 10.1. The minimum atomic E-state index is -0.0410. The molecule has 1 unspecified atom stereocenters. The summed E-state index contributed by atoms with van der Waals surface area (Å²) in [5.41, 5.74) is 4.87. The van der Waals surface area contributed by atoms with Crippen molar-refractivity contribution in [2.75, 3.05) is 7.11 Å². The maximum Gasteiger partial charge on any atom is 0.142 e. The number of aromatic nitrogens is 1. The van der Waals surface area contributed by atoms with Crippen LogP contribution in [-0.4, -0.2) is 12.1 Å². The van der Waals surface area contributed by atoms with E-state index in [1.54, 1.807) is 24.6 Å². The van der Waals surface area contributed by atoms with Crippen LogP contribution in [0.1, 0.15) is 17.3 Å². The summed E-state index contributed by atoms with van der Waals surface area (Å²) in [5.74, 6) is 6.36. The molecule has 0 bridgehead atoms. The first kappa shape index (κ1) is 12.0. The lowest BCUT2D eigenvalue weighted by molar-refractivity contribution is 0.394. The van der Waals surface area contributed by atoms with Crippen LogP contribution in [-0.2, 0) is 6.42 Å². The molecular formula is C12H15N3OS. The van der Waals surface area contributed by atoms with Crippen molar-refractivity contribution < 1.29 is 4.74 Å². The highest BCUT2D eigenvalue weighted by Crippen LogP contribution is 2.25. The van der Waals surface area contributed by atoms with Crippen LogP contribution < -0.4 is 16.0 Å². The summed E-state index contributed by atoms with van der Waals surface area (Å²) in [6, 6.07) is 5.78. The van der Waals surface area contributed by atoms with Crippen LogP contribution in [0, 0.1) is 0 Å². The van der Waals surface area contributed by atoms with Crippen molar-refractivity contribution in [3.05, 3.63) is 46.4 Å². The lowest BCUT2D eigenvalue weighted by Gasteiger charge is -2.17. The second kappa shape index (κ2) is 5.77. The third-order valence-corrected chi connectivity index (χ3v) is 3.30. The van der Waals surface area contributed by atoms with E-state index in [9.17, 15) is 0 Å². The van der Waals surface area contributed by atoms with Crippen LogP contribution >= 0.6 is 11.3 Å². The van der Waals surface area contributed by atoms with Gasteiger partial charge in [-0.3, -0.25) is 16.3 Å². The molecule has 0 amide bonds. The quantitative estimate of drug-likeness (QED) is 0.627. The molecule has 0 spiro atoms. The monoisotopic (exact) mass is 249 g/mol. The SMILES string of the molecule is COc1cccnc1C(Cc1ccsc1)NN. The van der Waals surface area contributed by atoms with E-state index in [0.29, 0.717) is 0 Å². The molecule has 0 aromatic carbocycles. The topological polar surface area (TPSA) is 60.2 Å². The predicted molar refractivity (Wildman–Crippen MR) is 68.9 cm³/mol. The Bertz CT molecular complexity index is 459. The van der Waals surface area contributed by atoms with Crippen LogP contribution in [0.15, 0.2) is 35.2 Å². The van der Waals surface area contributed by atoms with Gasteiger partial charge in [0, 0.05) is 6.20 Å². The molecule has 0 aliphatic heterocycles. The van der Waals surface area contributed by atoms with Gasteiger partial charge in [-0.05, 0) is 40.9 Å². The highest BCUT2D eigenvalue weighted by molar-refractivity contribution is 7.07. The van der Waals surface area contributed by atoms with Crippen molar-refractivity contribution in [2.45, 2.75) is 12.5 Å². The summed E-state index contributed by atoms with van der Waals surface area (Å²) < 4.78 is 5.29. The number of pyridine rings is 1. The molecule has 90 valence electrons. The second-order valence-corrected chi connectivity index (χ2v) is 4.43. The third-order valence-electron chi connectivity index (χ3n) is 2.57. The standard InChI is InChI=1S/C12H15N3OS/c1-16-11-3-2-5-14-12(11)10(15-13)7-9-4-6-17-8-9/h2-6,8,10,15H,7,13H2,1H3. The molecule has 2 aromatic heterocycles. The first-order chi connectivity index (χ1) is 8.35. The fraction of sp³-hybridized carbons (Fsp3) is 0.250. The van der Waals surface area contributed by atoms with Crippen molar-refractivity contribution in [3.8, 4) is 5.75 Å². The molecule has 0 aliphatic rings. The maximum atomic E-state index is 5.60. The highest BCUT2D eigenvalue weighted by atomic mass is 32.1. The Balaban J connectivity index is 2.22. The Morgan fingerprint density at radius 2 is 2.41 bits per heavy atom. The largest absolute Gasteiger partial charge is 0.495 e. The van der Waals surface area contributed by atoms with Crippen molar-refractivity contribution in [1.82, 2.24) is 10.4 Å². The number of thiophene rings is 1. The van der Waals surface area contributed by atoms with Gasteiger partial charge in [-0.2, -0.15) is 11.3 Å². The molecule has 0 radical (unpaired) electrons. The molecule has 0 saturated carbocycles. The summed E-state index contributed by atoms with van der Waals surface area (Å²) in [4.78, 5) is 4.34. The number of methoxy groups -OCH3 is 1. The van der Waals surface area contributed by atoms with Gasteiger partial charge >= 0.3 is 0 Å². The first-order valence-electron chi connectivity index (χ1n) is 5.31. The average molecular weight is 249 g/mol. The van der Waals surface area contributed by atoms with Crippen LogP contribution in [0.5, 0.6) is 5.75 Å². The smallest absolute Gasteiger partial charge is 0.142 e. The van der Waals surface area contributed by atoms with Gasteiger partial charge in [-0.15, -0.1) is 0 Å². The van der Waals surface area contributed by atoms with Crippen LogP contribution in [0.25, 0.3) is 0 Å². The van der Waals surface area contributed by atoms with E-state index < -0.39 is 0 Å². The summed E-state index contributed by atoms with van der Waals surface area (Å²) in [6.45, 7) is 0. The molecule has 1 atom stereocenters. The van der Waals surface area contributed by atoms with E-state index in [-0.39, 0.29) is 6.04 Å². The molecule has 2 aromatic rings. The fourth-order valence-electron chi connectivity index (χ4n) is 1.72. The zero-order chi connectivity index (χ0) is 12.1. The maximum absolute atomic E-state index is 5.60. The van der Waals surface area contributed by atoms with Gasteiger partial charge in [0.2, 0.25) is 0 Å². The average Bonchev–Trinajstić information content (AvgIpc) is 2.89. The number of hydrogen-bond donors (Lipinski definition) is 2. The summed E-state index contributed by atoms with van der Waals surface area (Å²) >= 11 is 1.68. The molecule has 0 fully saturated rings. The van der Waals surface area contributed by atoms with E-state index in [1.807, 2.05) is 12.1 Å². The van der Waals surface area contributed by atoms with E-state index in [2.05, 4.69) is 27.2 Å². The Morgan fingerprint density at radius 1 is 1.53 bits per heavy atom. The molecule has 2 heterocycles. The van der Waals surface area contributed by atoms with Gasteiger partial charge in [0.25, 0.3) is 0 Å². The number of nitrogens with two attached hydrogens (primary N) is 1. The number of rotatable bonds is 5. The normalized spacial score (nSPS) is 12.4. The molecule has 17 heavy (non-hydrogen) atoms. The number of ether oxygens (including phenoxy) is 1. The Labute approximate surface area is 104 Å². The predicted octanol–water partition coefficient (Wildman–Crippen LogP) is 1.90. The Kier molecular flexibility index (Phi) is 4.08. The molecule has 2 rings (SSSR count). The van der Waals surface area contributed by atoms with Gasteiger partial charge in [-0.25, -0.2) is 0 Å². The van der Waals surface area contributed by atoms with Crippen LogP contribution in [0.2, 0.25) is 0 Å². The van der Waals surface area contributed by atoms with E-state index in [4.69, 9.17) is 10.6 Å². The van der Waals surface area contributed by atoms with Crippen molar-refractivity contribution in [3.63, 3.8) is 0 Å². The summed E-state index contributed by atoms with van der Waals surface area (Å²) in [7, 11) is 1.64. The first-order valence-corrected chi connectivity index (χ1v) is 6.25. The number of nitrogens with one attached hydrogen (secondary N) is 1. The highest BCUT2D eigenvalue weighted by Gasteiger charge is 2.16. The van der Waals surface area contributed by atoms with E-state index in [0.717, 1.165) is 17.9 Å². The van der Waals surface area contributed by atoms with Gasteiger partial charge in [-0.1, -0.05) is 0 Å². The third kappa shape index (κ3) is 2.82. The van der Waals surface area contributed by atoms with Crippen LogP contribution in [0.3, 0.4) is 0 Å². The summed E-state index contributed by atoms with van der Waals surface area (Å²) in [6.07, 6.45) is 2.54. The zero-order valence-electron chi connectivity index (χ0n) is 9.59. The minimum absolute atomic E-state index is 0.0410. The summed E-state index contributed by atoms with van der Waals surface area (Å²) in [5, 5.41) is 4.17. The molecule has 0 aliphatic carbocycles. The number of hydrogen-bond acceptors (Lipinski definition) is 5. The van der Waals surface area contributed by atoms with Crippen molar-refractivity contribution in [1.29, 1.82) is 0 Å². The van der Waals surface area contributed by atoms with Gasteiger partial charge in [0.05, 0.1) is 13.2 Å². The van der Waals surface area contributed by atoms with Gasteiger partial charge < -0.3 is 4.74 Å². The Hall–Kier alpha value is -1.43. The molecule has 5 heteroatoms. The van der Waals surface area contributed by atoms with Crippen molar-refractivity contribution >= 4 is 11.3 Å². The molecule has 4 nitrogen and oxygen atoms in total. The second-order valence-electron chi connectivity index (χ2n) is 3.65. The zero-order valence-corrected chi connectivity index (χ0v) is 10.4. The number of hydrazine groups is 1. The van der Waals surface area contributed by atoms with Crippen LogP contribution in [0.4, 0.5) is 0 Å². The fourth-order valence-corrected chi connectivity index (χ4v) is 2.40. The van der Waals surface area contributed by atoms with Gasteiger partial charge in [0.15, 0.2) is 0 Å². The van der Waals surface area contributed by atoms with Gasteiger partial charge in [0.1, 0.15) is 11.4 Å². The van der Waals surface area contributed by atoms with E-state index >= 15 is 0 Å². The molecule has 0 saturated heterocycles. The van der Waals surface area contributed by atoms with E-state index in [1.165, 1.54) is 5.56 Å². The Morgan fingerprint density at radius 3 is 3.06 bits per heavy atom. The lowest BCUT2D eigenvalue weighted by Crippen LogP contribution is -2.30. The molecule has 3 N–H and O–H groups in total.